The van der Waals surface area contributed by atoms with Gasteiger partial charge in [-0.3, -0.25) is 4.79 Å². The minimum atomic E-state index is -0.555. The second-order valence-electron chi connectivity index (χ2n) is 5.29. The van der Waals surface area contributed by atoms with Crippen LogP contribution in [-0.2, 0) is 14.3 Å². The Morgan fingerprint density at radius 2 is 2.22 bits per heavy atom. The Kier molecular flexibility index (Phi) is 4.52. The zero-order chi connectivity index (χ0) is 16.2. The van der Waals surface area contributed by atoms with Crippen molar-refractivity contribution in [2.24, 2.45) is 0 Å². The van der Waals surface area contributed by atoms with Gasteiger partial charge in [-0.1, -0.05) is 18.2 Å². The number of nitrogens with zero attached hydrogens (tertiary/aromatic N) is 1. The fraction of sp³-hybridized carbons (Fsp3) is 0.353. The highest BCUT2D eigenvalue weighted by Crippen LogP contribution is 2.23. The number of benzene rings is 1. The summed E-state index contributed by atoms with van der Waals surface area (Å²) in [5.74, 6) is -0.814. The fourth-order valence-electron chi connectivity index (χ4n) is 2.56. The van der Waals surface area contributed by atoms with Gasteiger partial charge in [-0.2, -0.15) is 0 Å². The summed E-state index contributed by atoms with van der Waals surface area (Å²) < 4.78 is 10.4. The quantitative estimate of drug-likeness (QED) is 0.877. The van der Waals surface area contributed by atoms with Crippen LogP contribution in [0.4, 0.5) is 5.69 Å². The number of para-hydroxylation sites is 1. The van der Waals surface area contributed by atoms with Crippen LogP contribution in [0.1, 0.15) is 30.3 Å². The summed E-state index contributed by atoms with van der Waals surface area (Å²) in [6.45, 7) is 2.55. The van der Waals surface area contributed by atoms with Crippen LogP contribution >= 0.6 is 0 Å². The summed E-state index contributed by atoms with van der Waals surface area (Å²) in [5.41, 5.74) is 1.13. The van der Waals surface area contributed by atoms with Crippen molar-refractivity contribution in [3.05, 3.63) is 36.0 Å². The molecule has 0 aliphatic carbocycles. The third-order valence-electron chi connectivity index (χ3n) is 3.67. The van der Waals surface area contributed by atoms with E-state index in [0.29, 0.717) is 24.2 Å². The van der Waals surface area contributed by atoms with E-state index in [-0.39, 0.29) is 18.2 Å². The summed E-state index contributed by atoms with van der Waals surface area (Å²) in [7, 11) is 0. The average molecular weight is 314 g/mol. The third-order valence-corrected chi connectivity index (χ3v) is 3.67. The van der Waals surface area contributed by atoms with E-state index in [1.807, 2.05) is 24.3 Å². The van der Waals surface area contributed by atoms with Gasteiger partial charge in [0.25, 0.3) is 5.91 Å². The molecule has 1 aliphatic rings. The SMILES string of the molecule is CCOC(=O)c1nc2ccccc2cc1NC(=O)C1CCCO1. The number of hydrogen-bond acceptors (Lipinski definition) is 5. The van der Waals surface area contributed by atoms with Crippen molar-refractivity contribution >= 4 is 28.5 Å². The lowest BCUT2D eigenvalue weighted by Gasteiger charge is -2.14. The molecule has 2 heterocycles. The minimum Gasteiger partial charge on any atom is -0.461 e. The number of anilines is 1. The fourth-order valence-corrected chi connectivity index (χ4v) is 2.56. The molecule has 0 radical (unpaired) electrons. The predicted molar refractivity (Wildman–Crippen MR) is 85.3 cm³/mol. The van der Waals surface area contributed by atoms with Crippen LogP contribution in [-0.4, -0.2) is 36.2 Å². The number of nitrogens with one attached hydrogen (secondary N) is 1. The molecule has 0 saturated carbocycles. The van der Waals surface area contributed by atoms with Gasteiger partial charge in [-0.05, 0) is 31.9 Å². The van der Waals surface area contributed by atoms with Gasteiger partial charge >= 0.3 is 5.97 Å². The van der Waals surface area contributed by atoms with Crippen LogP contribution in [0.5, 0.6) is 0 Å². The van der Waals surface area contributed by atoms with Gasteiger partial charge in [0.05, 0.1) is 17.8 Å². The highest BCUT2D eigenvalue weighted by atomic mass is 16.5. The van der Waals surface area contributed by atoms with Crippen molar-refractivity contribution in [2.75, 3.05) is 18.5 Å². The first-order valence-corrected chi connectivity index (χ1v) is 7.68. The molecule has 3 rings (SSSR count). The Balaban J connectivity index is 1.96. The highest BCUT2D eigenvalue weighted by molar-refractivity contribution is 6.04. The molecule has 0 bridgehead atoms. The molecule has 23 heavy (non-hydrogen) atoms. The predicted octanol–water partition coefficient (Wildman–Crippen LogP) is 2.53. The minimum absolute atomic E-state index is 0.108. The number of carbonyl (C=O) groups is 2. The Bertz CT molecular complexity index is 738. The van der Waals surface area contributed by atoms with Crippen molar-refractivity contribution < 1.29 is 19.1 Å². The third kappa shape index (κ3) is 3.32. The van der Waals surface area contributed by atoms with E-state index in [9.17, 15) is 9.59 Å². The number of esters is 1. The molecule has 1 unspecified atom stereocenters. The first-order valence-electron chi connectivity index (χ1n) is 7.68. The maximum atomic E-state index is 12.3. The molecule has 1 aromatic carbocycles. The zero-order valence-corrected chi connectivity index (χ0v) is 12.9. The molecule has 120 valence electrons. The lowest BCUT2D eigenvalue weighted by Crippen LogP contribution is -2.28. The second kappa shape index (κ2) is 6.75. The molecular weight excluding hydrogens is 296 g/mol. The van der Waals surface area contributed by atoms with Crippen LogP contribution < -0.4 is 5.32 Å². The van der Waals surface area contributed by atoms with E-state index in [2.05, 4.69) is 10.3 Å². The number of carbonyl (C=O) groups excluding carboxylic acids is 2. The first kappa shape index (κ1) is 15.4. The van der Waals surface area contributed by atoms with E-state index in [1.165, 1.54) is 0 Å². The number of amides is 1. The molecule has 1 saturated heterocycles. The van der Waals surface area contributed by atoms with E-state index in [0.717, 1.165) is 11.8 Å². The second-order valence-corrected chi connectivity index (χ2v) is 5.29. The number of aromatic nitrogens is 1. The number of ether oxygens (including phenoxy) is 2. The molecule has 1 N–H and O–H groups in total. The van der Waals surface area contributed by atoms with Crippen LogP contribution in [0.15, 0.2) is 30.3 Å². The smallest absolute Gasteiger partial charge is 0.359 e. The van der Waals surface area contributed by atoms with Gasteiger partial charge in [-0.25, -0.2) is 9.78 Å². The molecule has 0 spiro atoms. The zero-order valence-electron chi connectivity index (χ0n) is 12.9. The maximum Gasteiger partial charge on any atom is 0.359 e. The van der Waals surface area contributed by atoms with Gasteiger partial charge in [-0.15, -0.1) is 0 Å². The van der Waals surface area contributed by atoms with Gasteiger partial charge in [0.15, 0.2) is 5.69 Å². The molecule has 6 nitrogen and oxygen atoms in total. The summed E-state index contributed by atoms with van der Waals surface area (Å²) in [4.78, 5) is 28.8. The Labute approximate surface area is 133 Å². The molecule has 1 atom stereocenters. The van der Waals surface area contributed by atoms with Crippen molar-refractivity contribution in [1.82, 2.24) is 4.98 Å². The summed E-state index contributed by atoms with van der Waals surface area (Å²) in [6, 6.07) is 9.14. The summed E-state index contributed by atoms with van der Waals surface area (Å²) >= 11 is 0. The Morgan fingerprint density at radius 1 is 1.39 bits per heavy atom. The van der Waals surface area contributed by atoms with Gasteiger partial charge in [0.2, 0.25) is 0 Å². The van der Waals surface area contributed by atoms with Gasteiger partial charge in [0.1, 0.15) is 6.10 Å². The van der Waals surface area contributed by atoms with Crippen LogP contribution in [0.3, 0.4) is 0 Å². The first-order chi connectivity index (χ1) is 11.2. The molecule has 2 aromatic rings. The monoisotopic (exact) mass is 314 g/mol. The van der Waals surface area contributed by atoms with Gasteiger partial charge < -0.3 is 14.8 Å². The summed E-state index contributed by atoms with van der Waals surface area (Å²) in [6.07, 6.45) is 1.07. The number of pyridine rings is 1. The van der Waals surface area contributed by atoms with Crippen LogP contribution in [0, 0.1) is 0 Å². The highest BCUT2D eigenvalue weighted by Gasteiger charge is 2.26. The molecule has 1 amide bonds. The van der Waals surface area contributed by atoms with E-state index >= 15 is 0 Å². The topological polar surface area (TPSA) is 77.5 Å². The Hall–Kier alpha value is -2.47. The van der Waals surface area contributed by atoms with E-state index in [4.69, 9.17) is 9.47 Å². The van der Waals surface area contributed by atoms with Crippen molar-refractivity contribution in [1.29, 1.82) is 0 Å². The van der Waals surface area contributed by atoms with Crippen LogP contribution in [0.25, 0.3) is 10.9 Å². The number of rotatable bonds is 4. The van der Waals surface area contributed by atoms with Crippen molar-refractivity contribution in [3.8, 4) is 0 Å². The van der Waals surface area contributed by atoms with Gasteiger partial charge in [0, 0.05) is 12.0 Å². The van der Waals surface area contributed by atoms with Crippen LogP contribution in [0.2, 0.25) is 0 Å². The average Bonchev–Trinajstić information content (AvgIpc) is 3.09. The summed E-state index contributed by atoms with van der Waals surface area (Å²) in [5, 5.41) is 3.59. The normalized spacial score (nSPS) is 17.2. The van der Waals surface area contributed by atoms with Crippen molar-refractivity contribution in [3.63, 3.8) is 0 Å². The van der Waals surface area contributed by atoms with E-state index in [1.54, 1.807) is 13.0 Å². The van der Waals surface area contributed by atoms with Crippen molar-refractivity contribution in [2.45, 2.75) is 25.9 Å². The molecule has 1 fully saturated rings. The lowest BCUT2D eigenvalue weighted by molar-refractivity contribution is -0.124. The largest absolute Gasteiger partial charge is 0.461 e. The molecule has 1 aliphatic heterocycles. The molecule has 6 heteroatoms. The Morgan fingerprint density at radius 3 is 2.96 bits per heavy atom. The lowest BCUT2D eigenvalue weighted by atomic mass is 10.1. The molecule has 1 aromatic heterocycles. The number of fused-ring (bicyclic) bond motifs is 1. The number of hydrogen-bond donors (Lipinski definition) is 1. The van der Waals surface area contributed by atoms with E-state index < -0.39 is 12.1 Å². The molecular formula is C17H18N2O4. The maximum absolute atomic E-state index is 12.3. The standard InChI is InChI=1S/C17H18N2O4/c1-2-22-17(21)15-13(19-16(20)14-8-5-9-23-14)10-11-6-3-4-7-12(11)18-15/h3-4,6-7,10,14H,2,5,8-9H2,1H3,(H,19,20).